The summed E-state index contributed by atoms with van der Waals surface area (Å²) in [6, 6.07) is 20.8. The first kappa shape index (κ1) is 16.7. The fourth-order valence-electron chi connectivity index (χ4n) is 4.35. The van der Waals surface area contributed by atoms with E-state index in [1.807, 2.05) is 24.3 Å². The molecule has 24 heavy (non-hydrogen) atoms. The Morgan fingerprint density at radius 1 is 1.00 bits per heavy atom. The van der Waals surface area contributed by atoms with Gasteiger partial charge in [0.2, 0.25) is 0 Å². The molecule has 0 bridgehead atoms. The second-order valence-corrected chi connectivity index (χ2v) is 7.09. The average molecular weight is 323 g/mol. The van der Waals surface area contributed by atoms with E-state index in [1.54, 1.807) is 0 Å². The van der Waals surface area contributed by atoms with Gasteiger partial charge < -0.3 is 10.8 Å². The molecule has 2 aromatic rings. The van der Waals surface area contributed by atoms with Gasteiger partial charge in [-0.1, -0.05) is 60.7 Å². The van der Waals surface area contributed by atoms with E-state index in [9.17, 15) is 9.90 Å². The Bertz CT molecular complexity index is 671. The number of carboxylic acids is 1. The van der Waals surface area contributed by atoms with Gasteiger partial charge in [0.25, 0.3) is 0 Å². The molecule has 0 aromatic heterocycles. The predicted octanol–water partition coefficient (Wildman–Crippen LogP) is 3.53. The summed E-state index contributed by atoms with van der Waals surface area (Å²) >= 11 is 0. The van der Waals surface area contributed by atoms with Crippen molar-refractivity contribution in [1.29, 1.82) is 0 Å². The van der Waals surface area contributed by atoms with Crippen molar-refractivity contribution in [1.82, 2.24) is 0 Å². The lowest BCUT2D eigenvalue weighted by Gasteiger charge is -2.55. The monoisotopic (exact) mass is 323 g/mol. The summed E-state index contributed by atoms with van der Waals surface area (Å²) in [5, 5.41) is 9.35. The molecule has 3 heteroatoms. The van der Waals surface area contributed by atoms with Crippen LogP contribution in [0.4, 0.5) is 0 Å². The highest BCUT2D eigenvalue weighted by Gasteiger charge is 2.53. The third-order valence-corrected chi connectivity index (χ3v) is 5.57. The van der Waals surface area contributed by atoms with Crippen LogP contribution in [0.25, 0.3) is 0 Å². The Labute approximate surface area is 143 Å². The number of hydrogen-bond acceptors (Lipinski definition) is 2. The molecule has 1 aliphatic rings. The summed E-state index contributed by atoms with van der Waals surface area (Å²) in [7, 11) is 0. The van der Waals surface area contributed by atoms with Crippen LogP contribution in [0.5, 0.6) is 0 Å². The van der Waals surface area contributed by atoms with Crippen LogP contribution in [0.3, 0.4) is 0 Å². The highest BCUT2D eigenvalue weighted by atomic mass is 16.4. The van der Waals surface area contributed by atoms with Crippen LogP contribution in [0, 0.1) is 17.3 Å². The zero-order chi connectivity index (χ0) is 17.0. The van der Waals surface area contributed by atoms with Crippen molar-refractivity contribution in [2.75, 3.05) is 6.54 Å². The molecule has 3 nitrogen and oxygen atoms in total. The first-order valence-electron chi connectivity index (χ1n) is 8.63. The highest BCUT2D eigenvalue weighted by molar-refractivity contribution is 5.68. The van der Waals surface area contributed by atoms with Crippen LogP contribution in [-0.4, -0.2) is 17.6 Å². The van der Waals surface area contributed by atoms with Gasteiger partial charge in [0.1, 0.15) is 0 Å². The van der Waals surface area contributed by atoms with Crippen molar-refractivity contribution in [3.63, 3.8) is 0 Å². The summed E-state index contributed by atoms with van der Waals surface area (Å²) < 4.78 is 0. The van der Waals surface area contributed by atoms with Gasteiger partial charge in [-0.15, -0.1) is 0 Å². The third kappa shape index (κ3) is 3.51. The van der Waals surface area contributed by atoms with Gasteiger partial charge in [-0.05, 0) is 54.2 Å². The van der Waals surface area contributed by atoms with Gasteiger partial charge >= 0.3 is 5.97 Å². The Morgan fingerprint density at radius 3 is 2.04 bits per heavy atom. The zero-order valence-corrected chi connectivity index (χ0v) is 13.9. The van der Waals surface area contributed by atoms with Crippen LogP contribution < -0.4 is 5.73 Å². The summed E-state index contributed by atoms with van der Waals surface area (Å²) in [5.41, 5.74) is 8.38. The minimum absolute atomic E-state index is 0.173. The van der Waals surface area contributed by atoms with Gasteiger partial charge in [-0.2, -0.15) is 0 Å². The van der Waals surface area contributed by atoms with Crippen LogP contribution in [0.1, 0.15) is 24.0 Å². The number of rotatable bonds is 7. The zero-order valence-electron chi connectivity index (χ0n) is 13.9. The van der Waals surface area contributed by atoms with Crippen molar-refractivity contribution >= 4 is 5.97 Å². The molecule has 3 N–H and O–H groups in total. The molecule has 0 amide bonds. The van der Waals surface area contributed by atoms with Crippen molar-refractivity contribution < 1.29 is 9.90 Å². The third-order valence-electron chi connectivity index (χ3n) is 5.57. The van der Waals surface area contributed by atoms with Crippen molar-refractivity contribution in [2.24, 2.45) is 23.0 Å². The van der Waals surface area contributed by atoms with Crippen LogP contribution in [-0.2, 0) is 17.6 Å². The maximum absolute atomic E-state index is 11.4. The number of benzene rings is 2. The lowest BCUT2D eigenvalue weighted by molar-refractivity contribution is -0.146. The van der Waals surface area contributed by atoms with E-state index >= 15 is 0 Å². The van der Waals surface area contributed by atoms with E-state index in [-0.39, 0.29) is 11.8 Å². The summed E-state index contributed by atoms with van der Waals surface area (Å²) in [6.45, 7) is 0.447. The predicted molar refractivity (Wildman–Crippen MR) is 95.6 cm³/mol. The van der Waals surface area contributed by atoms with Gasteiger partial charge in [-0.25, -0.2) is 0 Å². The lowest BCUT2D eigenvalue weighted by Crippen LogP contribution is -2.55. The SMILES string of the molecule is NCC1(CC(=O)O)C[C@@H](Cc2ccccc2)[C@H]1Cc1ccccc1. The number of carboxylic acid groups (broad SMARTS) is 1. The van der Waals surface area contributed by atoms with Crippen LogP contribution in [0.15, 0.2) is 60.7 Å². The Kier molecular flexibility index (Phi) is 5.00. The maximum Gasteiger partial charge on any atom is 0.303 e. The van der Waals surface area contributed by atoms with Crippen molar-refractivity contribution in [3.8, 4) is 0 Å². The molecule has 1 saturated carbocycles. The number of nitrogens with two attached hydrogens (primary N) is 1. The van der Waals surface area contributed by atoms with E-state index in [2.05, 4.69) is 36.4 Å². The first-order chi connectivity index (χ1) is 11.6. The molecule has 0 aliphatic heterocycles. The highest BCUT2D eigenvalue weighted by Crippen LogP contribution is 2.55. The van der Waals surface area contributed by atoms with Crippen LogP contribution >= 0.6 is 0 Å². The van der Waals surface area contributed by atoms with E-state index in [4.69, 9.17) is 5.73 Å². The van der Waals surface area contributed by atoms with E-state index < -0.39 is 5.97 Å². The molecule has 0 heterocycles. The first-order valence-corrected chi connectivity index (χ1v) is 8.63. The Balaban J connectivity index is 1.80. The normalized spacial score (nSPS) is 25.9. The number of carbonyl (C=O) groups is 1. The molecular formula is C21H25NO2. The molecular weight excluding hydrogens is 298 g/mol. The van der Waals surface area contributed by atoms with E-state index in [0.717, 1.165) is 19.3 Å². The number of aliphatic carboxylic acids is 1. The van der Waals surface area contributed by atoms with Gasteiger partial charge in [0.15, 0.2) is 0 Å². The fraction of sp³-hybridized carbons (Fsp3) is 0.381. The summed E-state index contributed by atoms with van der Waals surface area (Å²) in [6.07, 6.45) is 2.98. The largest absolute Gasteiger partial charge is 0.481 e. The maximum atomic E-state index is 11.4. The summed E-state index contributed by atoms with van der Waals surface area (Å²) in [5.74, 6) is 0.0772. The summed E-state index contributed by atoms with van der Waals surface area (Å²) in [4.78, 5) is 11.4. The Hall–Kier alpha value is -2.13. The molecule has 0 radical (unpaired) electrons. The molecule has 0 saturated heterocycles. The standard InChI is InChI=1S/C21H25NO2/c22-15-21(14-20(23)24)13-18(11-16-7-3-1-4-8-16)19(21)12-17-9-5-2-6-10-17/h1-10,18-19H,11-15,22H2,(H,23,24)/t18-,19-,21?/m1/s1. The topological polar surface area (TPSA) is 63.3 Å². The van der Waals surface area contributed by atoms with Gasteiger partial charge in [-0.3, -0.25) is 4.79 Å². The van der Waals surface area contributed by atoms with Gasteiger partial charge in [0.05, 0.1) is 6.42 Å². The average Bonchev–Trinajstić information content (AvgIpc) is 2.60. The Morgan fingerprint density at radius 2 is 1.54 bits per heavy atom. The lowest BCUT2D eigenvalue weighted by atomic mass is 9.49. The molecule has 3 atom stereocenters. The molecule has 1 aliphatic carbocycles. The minimum Gasteiger partial charge on any atom is -0.481 e. The fourth-order valence-corrected chi connectivity index (χ4v) is 4.35. The molecule has 1 unspecified atom stereocenters. The van der Waals surface area contributed by atoms with E-state index in [0.29, 0.717) is 18.4 Å². The smallest absolute Gasteiger partial charge is 0.303 e. The van der Waals surface area contributed by atoms with Crippen molar-refractivity contribution in [3.05, 3.63) is 71.8 Å². The molecule has 1 fully saturated rings. The van der Waals surface area contributed by atoms with E-state index in [1.165, 1.54) is 11.1 Å². The molecule has 2 aromatic carbocycles. The van der Waals surface area contributed by atoms with Crippen LogP contribution in [0.2, 0.25) is 0 Å². The van der Waals surface area contributed by atoms with Crippen molar-refractivity contribution in [2.45, 2.75) is 25.7 Å². The molecule has 126 valence electrons. The quantitative estimate of drug-likeness (QED) is 0.819. The number of hydrogen-bond donors (Lipinski definition) is 2. The van der Waals surface area contributed by atoms with Gasteiger partial charge in [0, 0.05) is 0 Å². The molecule has 0 spiro atoms. The molecule has 3 rings (SSSR count). The minimum atomic E-state index is -0.739. The second-order valence-electron chi connectivity index (χ2n) is 7.09. The second kappa shape index (κ2) is 7.18.